The minimum atomic E-state index is -0.720. The number of phenols is 1. The number of likely N-dealkylation sites (tertiary alicyclic amines) is 3. The minimum Gasteiger partial charge on any atom is -0.657 e. The molecule has 5 saturated heterocycles. The van der Waals surface area contributed by atoms with Crippen molar-refractivity contribution in [3.05, 3.63) is 94.5 Å². The number of amides is 2. The van der Waals surface area contributed by atoms with Crippen molar-refractivity contribution in [2.75, 3.05) is 78.0 Å². The molecule has 4 N–H and O–H groups in total. The van der Waals surface area contributed by atoms with Crippen LogP contribution in [0.3, 0.4) is 0 Å². The average Bonchev–Trinajstić information content (AvgIpc) is 4.30. The van der Waals surface area contributed by atoms with Crippen LogP contribution < -0.4 is 66.3 Å². The van der Waals surface area contributed by atoms with Crippen LogP contribution in [0.2, 0.25) is 0 Å². The molecule has 5 aliphatic heterocycles. The summed E-state index contributed by atoms with van der Waals surface area (Å²) in [5.74, 6) is 0.149. The summed E-state index contributed by atoms with van der Waals surface area (Å²) in [7, 11) is 3.16. The van der Waals surface area contributed by atoms with Gasteiger partial charge in [0.1, 0.15) is 35.1 Å². The van der Waals surface area contributed by atoms with Crippen molar-refractivity contribution in [3.8, 4) is 33.5 Å². The number of aryl methyl sites for hydroxylation is 1. The van der Waals surface area contributed by atoms with Gasteiger partial charge < -0.3 is 50.3 Å². The second-order valence-corrected chi connectivity index (χ2v) is 22.2. The number of anilines is 1. The Kier molecular flexibility index (Phi) is 22.7. The van der Waals surface area contributed by atoms with Gasteiger partial charge in [-0.2, -0.15) is 17.0 Å². The third-order valence-corrected chi connectivity index (χ3v) is 15.8. The van der Waals surface area contributed by atoms with Crippen molar-refractivity contribution in [2.45, 2.75) is 116 Å². The molecule has 5 aliphatic rings. The topological polar surface area (TPSA) is 195 Å². The Balaban J connectivity index is 0.000000172. The van der Waals surface area contributed by atoms with E-state index in [1.807, 2.05) is 24.6 Å². The van der Waals surface area contributed by atoms with Crippen LogP contribution in [0.15, 0.2) is 66.3 Å². The first kappa shape index (κ1) is 61.3. The van der Waals surface area contributed by atoms with Gasteiger partial charge >= 0.3 is 57.4 Å². The predicted octanol–water partition coefficient (Wildman–Crippen LogP) is 6.05. The molecule has 8 heterocycles. The molecule has 3 aromatic heterocycles. The largest absolute Gasteiger partial charge is 1.00 e. The number of rotatable bonds is 13. The molecular weight excluding hydrogens is 1040 g/mol. The van der Waals surface area contributed by atoms with Gasteiger partial charge in [-0.3, -0.25) is 14.6 Å². The van der Waals surface area contributed by atoms with Gasteiger partial charge in [0.25, 0.3) is 0 Å². The number of thiazole rings is 1. The number of halogens is 2. The third kappa shape index (κ3) is 15.4. The molecule has 414 valence electrons. The molecule has 16 nitrogen and oxygen atoms in total. The van der Waals surface area contributed by atoms with Gasteiger partial charge in [-0.25, -0.2) is 13.8 Å². The second-order valence-electron chi connectivity index (χ2n) is 21.4. The fourth-order valence-electron chi connectivity index (χ4n) is 10.9. The van der Waals surface area contributed by atoms with Crippen LogP contribution in [-0.2, 0) is 9.59 Å². The molecule has 0 radical (unpaired) electrons. The molecule has 20 heteroatoms. The molecule has 0 saturated carbocycles. The number of pyridine rings is 1. The quantitative estimate of drug-likeness (QED) is 0.0979. The van der Waals surface area contributed by atoms with Crippen molar-refractivity contribution >= 4 is 50.6 Å². The Morgan fingerprint density at radius 1 is 0.962 bits per heavy atom. The first-order valence-electron chi connectivity index (χ1n) is 27.1. The number of β-amino-alcohol motifs (C(OH)–C–C–N with tert-alkyl or cyclic N) is 1. The fourth-order valence-corrected chi connectivity index (χ4v) is 11.7. The Bertz CT molecular complexity index is 2930. The van der Waals surface area contributed by atoms with Gasteiger partial charge in [0.15, 0.2) is 5.82 Å². The smallest absolute Gasteiger partial charge is 0.657 e. The number of benzene rings is 3. The van der Waals surface area contributed by atoms with E-state index < -0.39 is 17.7 Å². The molecule has 2 bridgehead atoms. The number of methoxy groups -OCH3 is 1. The molecule has 6 aromatic rings. The van der Waals surface area contributed by atoms with Gasteiger partial charge in [-0.15, -0.1) is 11.3 Å². The SMILES string of the molecule is CC(C)C.COc1nc(N2CC3CCC(C2)N3)c2cnc(-c3cc(O)cc4cccc(F)c34)c(F)c2n1.C[N-]C(CO)c1ccc(-c2scnc2C)cc1.O=C(CN1C(=O)CCC1CCCN1CCCC1)N1CCC(O)C1.[K+]. The first-order chi connectivity index (χ1) is 37.1. The number of aromatic nitrogens is 4. The average molecular weight is 1120 g/mol. The summed E-state index contributed by atoms with van der Waals surface area (Å²) in [5.41, 5.74) is 5.23. The number of aliphatic hydroxyl groups is 2. The van der Waals surface area contributed by atoms with Gasteiger partial charge in [0, 0.05) is 74.5 Å². The summed E-state index contributed by atoms with van der Waals surface area (Å²) < 4.78 is 35.9. The zero-order chi connectivity index (χ0) is 54.8. The van der Waals surface area contributed by atoms with Crippen LogP contribution >= 0.6 is 11.3 Å². The van der Waals surface area contributed by atoms with Crippen LogP contribution in [0.25, 0.3) is 48.7 Å². The van der Waals surface area contributed by atoms with Gasteiger partial charge in [-0.05, 0) is 113 Å². The third-order valence-electron chi connectivity index (χ3n) is 14.8. The van der Waals surface area contributed by atoms with E-state index in [9.17, 15) is 29.3 Å². The van der Waals surface area contributed by atoms with Gasteiger partial charge in [-0.1, -0.05) is 68.8 Å². The number of carbonyl (C=O) groups excluding carboxylic acids is 2. The molecule has 5 unspecified atom stereocenters. The van der Waals surface area contributed by atoms with Gasteiger partial charge in [0.05, 0.1) is 34.7 Å². The zero-order valence-electron chi connectivity index (χ0n) is 46.3. The number of aromatic hydroxyl groups is 1. The van der Waals surface area contributed by atoms with E-state index in [0.29, 0.717) is 54.6 Å². The molecule has 0 spiro atoms. The van der Waals surface area contributed by atoms with E-state index in [2.05, 4.69) is 73.3 Å². The number of hydrogen-bond acceptors (Lipinski definition) is 14. The second kappa shape index (κ2) is 28.9. The van der Waals surface area contributed by atoms with Crippen LogP contribution in [0, 0.1) is 24.5 Å². The number of nitrogens with one attached hydrogen (secondary N) is 1. The summed E-state index contributed by atoms with van der Waals surface area (Å²) in [6.45, 7) is 14.8. The van der Waals surface area contributed by atoms with Crippen molar-refractivity contribution < 1.29 is 89.8 Å². The molecule has 11 rings (SSSR count). The molecule has 5 atom stereocenters. The standard InChI is InChI=1S/C24H21F2N5O2.C17H29N3O3.C13H15N2OS.C4H10.K/c1-33-24-29-22-17(23(30-24)31-10-13-5-6-14(11-31)28-13)9-27-21(20(22)26)16-8-15(32)7-12-3-2-4-18(25)19(12)16;21-15-7-11-19(12-15)17(23)13-20-14(5-6-16(20)22)4-3-10-18-8-1-2-9-18;1-9-13(17-8-15-9)11-5-3-10(4-6-11)12(7-16)14-2;1-4(2)3;/h2-4,7-9,13-14,28,32H,5-6,10-11H2,1H3;14-15,21H,1-13H2;3-6,8,12,16H,7H2,1-2H3;4H,1-3H3;/q;;-1;;+1. The normalized spacial score (nSPS) is 20.2. The van der Waals surface area contributed by atoms with Crippen molar-refractivity contribution in [1.82, 2.24) is 40.0 Å². The Morgan fingerprint density at radius 2 is 1.68 bits per heavy atom. The molecule has 3 aromatic carbocycles. The number of aliphatic hydroxyl groups excluding tert-OH is 2. The zero-order valence-corrected chi connectivity index (χ0v) is 50.2. The summed E-state index contributed by atoms with van der Waals surface area (Å²) >= 11 is 1.64. The maximum Gasteiger partial charge on any atom is 1.00 e. The number of fused-ring (bicyclic) bond motifs is 4. The summed E-state index contributed by atoms with van der Waals surface area (Å²) in [4.78, 5) is 51.1. The molecule has 0 aliphatic carbocycles. The molecule has 78 heavy (non-hydrogen) atoms. The fraction of sp³-hybridized carbons (Fsp3) is 0.517. The predicted molar refractivity (Wildman–Crippen MR) is 299 cm³/mol. The number of carbonyl (C=O) groups is 2. The van der Waals surface area contributed by atoms with Crippen molar-refractivity contribution in [3.63, 3.8) is 0 Å². The van der Waals surface area contributed by atoms with E-state index >= 15 is 4.39 Å². The Morgan fingerprint density at radius 3 is 2.31 bits per heavy atom. The van der Waals surface area contributed by atoms with E-state index in [1.54, 1.807) is 34.3 Å². The van der Waals surface area contributed by atoms with E-state index in [-0.39, 0.29) is 122 Å². The summed E-state index contributed by atoms with van der Waals surface area (Å²) in [5, 5.41) is 37.7. The van der Waals surface area contributed by atoms with Gasteiger partial charge in [0.2, 0.25) is 11.8 Å². The Hall–Kier alpha value is -4.32. The van der Waals surface area contributed by atoms with Crippen LogP contribution in [0.5, 0.6) is 11.8 Å². The monoisotopic (exact) mass is 1120 g/mol. The number of ether oxygens (including phenoxy) is 1. The van der Waals surface area contributed by atoms with Crippen LogP contribution in [0.4, 0.5) is 14.6 Å². The number of likely N-dealkylation sites (N-methyl/N-ethyl adjacent to an activating group) is 1. The molecule has 2 amide bonds. The number of phenolic OH excluding ortho intramolecular Hbond substituents is 1. The minimum absolute atomic E-state index is 0. The van der Waals surface area contributed by atoms with Crippen molar-refractivity contribution in [1.29, 1.82) is 0 Å². The summed E-state index contributed by atoms with van der Waals surface area (Å²) in [6, 6.07) is 16.3. The molecule has 5 fully saturated rings. The van der Waals surface area contributed by atoms with E-state index in [1.165, 1.54) is 73.9 Å². The number of hydrogen-bond donors (Lipinski definition) is 4. The van der Waals surface area contributed by atoms with Crippen molar-refractivity contribution in [2.24, 2.45) is 5.92 Å². The van der Waals surface area contributed by atoms with Crippen LogP contribution in [0.1, 0.15) is 95.9 Å². The maximum atomic E-state index is 15.9. The van der Waals surface area contributed by atoms with Crippen LogP contribution in [-0.4, -0.2) is 159 Å². The Labute approximate surface area is 503 Å². The summed E-state index contributed by atoms with van der Waals surface area (Å²) in [6.07, 6.45) is 10.1. The number of piperazine rings is 1. The molecular formula is C58H75F2KN10O6S. The first-order valence-corrected chi connectivity index (χ1v) is 28.0. The van der Waals surface area contributed by atoms with E-state index in [4.69, 9.17) is 4.74 Å². The number of nitrogens with zero attached hydrogens (tertiary/aromatic N) is 9. The maximum absolute atomic E-state index is 15.9. The van der Waals surface area contributed by atoms with E-state index in [0.717, 1.165) is 68.9 Å².